The minimum Gasteiger partial charge on any atom is -0.468 e. The summed E-state index contributed by atoms with van der Waals surface area (Å²) in [7, 11) is 2.66. The molecule has 1 heterocycles. The number of rotatable bonds is 6. The highest BCUT2D eigenvalue weighted by Gasteiger charge is 2.37. The molecule has 1 aliphatic rings. The Balaban J connectivity index is 2.83. The lowest BCUT2D eigenvalue weighted by atomic mass is 10.1. The van der Waals surface area contributed by atoms with Crippen molar-refractivity contribution in [3.8, 4) is 0 Å². The first kappa shape index (κ1) is 17.7. The molecular formula is C15H25NO5. The van der Waals surface area contributed by atoms with E-state index in [4.69, 9.17) is 9.47 Å². The summed E-state index contributed by atoms with van der Waals surface area (Å²) < 4.78 is 9.54. The predicted octanol–water partition coefficient (Wildman–Crippen LogP) is 0.740. The second-order valence-electron chi connectivity index (χ2n) is 5.71. The lowest BCUT2D eigenvalue weighted by Crippen LogP contribution is -2.39. The van der Waals surface area contributed by atoms with Crippen molar-refractivity contribution in [2.75, 3.05) is 27.3 Å². The summed E-state index contributed by atoms with van der Waals surface area (Å²) >= 11 is 0. The second kappa shape index (κ2) is 8.14. The van der Waals surface area contributed by atoms with E-state index in [1.807, 2.05) is 6.08 Å². The van der Waals surface area contributed by atoms with Crippen LogP contribution in [0.1, 0.15) is 26.7 Å². The number of β-amino-alcohol motifs (C(OH)–C–C–N with tert-alkyl or cyclic N) is 1. The molecule has 6 nitrogen and oxygen atoms in total. The molecule has 21 heavy (non-hydrogen) atoms. The van der Waals surface area contributed by atoms with Gasteiger partial charge in [-0.3, -0.25) is 9.69 Å². The minimum atomic E-state index is -0.585. The summed E-state index contributed by atoms with van der Waals surface area (Å²) in [6.07, 6.45) is 2.34. The van der Waals surface area contributed by atoms with Crippen molar-refractivity contribution in [2.45, 2.75) is 38.8 Å². The molecule has 0 aromatic carbocycles. The number of allylic oxidation sites excluding steroid dienone is 1. The van der Waals surface area contributed by atoms with Crippen molar-refractivity contribution in [1.82, 2.24) is 4.90 Å². The molecule has 120 valence electrons. The van der Waals surface area contributed by atoms with Gasteiger partial charge in [0.05, 0.1) is 20.3 Å². The van der Waals surface area contributed by atoms with Gasteiger partial charge in [0.15, 0.2) is 0 Å². The molecule has 0 amide bonds. The Hall–Kier alpha value is -1.40. The Morgan fingerprint density at radius 3 is 2.52 bits per heavy atom. The molecule has 1 aliphatic heterocycles. The van der Waals surface area contributed by atoms with Crippen molar-refractivity contribution in [3.05, 3.63) is 11.6 Å². The van der Waals surface area contributed by atoms with E-state index in [1.54, 1.807) is 4.90 Å². The fourth-order valence-corrected chi connectivity index (χ4v) is 2.38. The third-order valence-corrected chi connectivity index (χ3v) is 3.51. The number of likely N-dealkylation sites (tertiary alicyclic amines) is 1. The van der Waals surface area contributed by atoms with Crippen LogP contribution >= 0.6 is 0 Å². The van der Waals surface area contributed by atoms with E-state index in [0.29, 0.717) is 24.5 Å². The third kappa shape index (κ3) is 5.13. The molecule has 0 aromatic heterocycles. The molecule has 0 radical (unpaired) electrons. The van der Waals surface area contributed by atoms with Crippen molar-refractivity contribution < 1.29 is 24.2 Å². The number of hydrogen-bond acceptors (Lipinski definition) is 6. The Bertz CT molecular complexity index is 405. The van der Waals surface area contributed by atoms with Crippen LogP contribution in [0.2, 0.25) is 0 Å². The summed E-state index contributed by atoms with van der Waals surface area (Å²) in [5.74, 6) is -0.370. The summed E-state index contributed by atoms with van der Waals surface area (Å²) in [5, 5.41) is 9.76. The maximum Gasteiger partial charge on any atom is 0.334 e. The van der Waals surface area contributed by atoms with Crippen LogP contribution in [0.25, 0.3) is 0 Å². The van der Waals surface area contributed by atoms with Crippen LogP contribution in [0, 0.1) is 5.92 Å². The monoisotopic (exact) mass is 299 g/mol. The SMILES string of the molecule is COC(=O)/C(=C\CC(C)C)CN1C[C@H](O)C[C@H]1C(=O)OC. The standard InChI is InChI=1S/C15H25NO5/c1-10(2)5-6-11(14(18)20-3)8-16-9-12(17)7-13(16)15(19)21-4/h6,10,12-13,17H,5,7-9H2,1-4H3/b11-6-/t12-,13+/m1/s1. The van der Waals surface area contributed by atoms with Gasteiger partial charge in [-0.1, -0.05) is 19.9 Å². The van der Waals surface area contributed by atoms with Crippen molar-refractivity contribution in [3.63, 3.8) is 0 Å². The summed E-state index contributed by atoms with van der Waals surface area (Å²) in [5.41, 5.74) is 0.509. The minimum absolute atomic E-state index is 0.274. The summed E-state index contributed by atoms with van der Waals surface area (Å²) in [6, 6.07) is -0.517. The van der Waals surface area contributed by atoms with Gasteiger partial charge in [-0.2, -0.15) is 0 Å². The molecule has 0 bridgehead atoms. The Morgan fingerprint density at radius 2 is 2.00 bits per heavy atom. The average molecular weight is 299 g/mol. The zero-order valence-corrected chi connectivity index (χ0v) is 13.2. The maximum atomic E-state index is 11.8. The molecule has 6 heteroatoms. The summed E-state index contributed by atoms with van der Waals surface area (Å²) in [4.78, 5) is 25.4. The number of aliphatic hydroxyl groups excluding tert-OH is 1. The molecule has 1 N–H and O–H groups in total. The number of nitrogens with zero attached hydrogens (tertiary/aromatic N) is 1. The number of aliphatic hydroxyl groups is 1. The number of esters is 2. The lowest BCUT2D eigenvalue weighted by molar-refractivity contribution is -0.146. The highest BCUT2D eigenvalue weighted by atomic mass is 16.5. The van der Waals surface area contributed by atoms with Gasteiger partial charge in [-0.15, -0.1) is 0 Å². The molecular weight excluding hydrogens is 274 g/mol. The largest absolute Gasteiger partial charge is 0.468 e. The van der Waals surface area contributed by atoms with Gasteiger partial charge in [0.25, 0.3) is 0 Å². The molecule has 0 aromatic rings. The van der Waals surface area contributed by atoms with E-state index in [0.717, 1.165) is 6.42 Å². The van der Waals surface area contributed by atoms with Crippen molar-refractivity contribution in [2.24, 2.45) is 5.92 Å². The topological polar surface area (TPSA) is 76.1 Å². The predicted molar refractivity (Wildman–Crippen MR) is 77.6 cm³/mol. The number of ether oxygens (including phenoxy) is 2. The van der Waals surface area contributed by atoms with Crippen LogP contribution < -0.4 is 0 Å². The van der Waals surface area contributed by atoms with E-state index in [9.17, 15) is 14.7 Å². The molecule has 1 fully saturated rings. The Kier molecular flexibility index (Phi) is 6.84. The van der Waals surface area contributed by atoms with Crippen molar-refractivity contribution in [1.29, 1.82) is 0 Å². The molecule has 2 atom stereocenters. The van der Waals surface area contributed by atoms with Crippen LogP contribution in [0.3, 0.4) is 0 Å². The normalized spacial score (nSPS) is 23.4. The first-order valence-corrected chi connectivity index (χ1v) is 7.16. The van der Waals surface area contributed by atoms with Gasteiger partial charge in [-0.05, 0) is 12.3 Å². The molecule has 1 saturated heterocycles. The van der Waals surface area contributed by atoms with E-state index >= 15 is 0 Å². The van der Waals surface area contributed by atoms with Gasteiger partial charge >= 0.3 is 11.9 Å². The van der Waals surface area contributed by atoms with Crippen LogP contribution in [-0.2, 0) is 19.1 Å². The number of carbonyl (C=O) groups excluding carboxylic acids is 2. The van der Waals surface area contributed by atoms with E-state index in [-0.39, 0.29) is 12.5 Å². The quantitative estimate of drug-likeness (QED) is 0.576. The van der Waals surface area contributed by atoms with Gasteiger partial charge in [0.2, 0.25) is 0 Å². The van der Waals surface area contributed by atoms with Crippen molar-refractivity contribution >= 4 is 11.9 Å². The molecule has 1 rings (SSSR count). The zero-order chi connectivity index (χ0) is 16.0. The fourth-order valence-electron chi connectivity index (χ4n) is 2.38. The third-order valence-electron chi connectivity index (χ3n) is 3.51. The summed E-state index contributed by atoms with van der Waals surface area (Å²) in [6.45, 7) is 4.73. The molecule has 0 aliphatic carbocycles. The van der Waals surface area contributed by atoms with Crippen LogP contribution in [0.5, 0.6) is 0 Å². The maximum absolute atomic E-state index is 11.8. The highest BCUT2D eigenvalue weighted by Crippen LogP contribution is 2.21. The van der Waals surface area contributed by atoms with Crippen LogP contribution in [0.4, 0.5) is 0 Å². The van der Waals surface area contributed by atoms with Crippen LogP contribution in [-0.4, -0.2) is 61.4 Å². The second-order valence-corrected chi connectivity index (χ2v) is 5.71. The first-order valence-electron chi connectivity index (χ1n) is 7.16. The van der Waals surface area contributed by atoms with Gasteiger partial charge in [-0.25, -0.2) is 4.79 Å². The smallest absolute Gasteiger partial charge is 0.334 e. The fraction of sp³-hybridized carbons (Fsp3) is 0.733. The zero-order valence-electron chi connectivity index (χ0n) is 13.2. The van der Waals surface area contributed by atoms with E-state index in [2.05, 4.69) is 13.8 Å². The van der Waals surface area contributed by atoms with Gasteiger partial charge in [0, 0.05) is 25.1 Å². The average Bonchev–Trinajstić information content (AvgIpc) is 2.82. The lowest BCUT2D eigenvalue weighted by Gasteiger charge is -2.22. The Labute approximate surface area is 125 Å². The van der Waals surface area contributed by atoms with Gasteiger partial charge < -0.3 is 14.6 Å². The molecule has 0 saturated carbocycles. The number of carbonyl (C=O) groups is 2. The molecule has 0 unspecified atom stereocenters. The highest BCUT2D eigenvalue weighted by molar-refractivity contribution is 5.89. The van der Waals surface area contributed by atoms with E-state index < -0.39 is 18.1 Å². The number of methoxy groups -OCH3 is 2. The number of hydrogen-bond donors (Lipinski definition) is 1. The molecule has 0 spiro atoms. The van der Waals surface area contributed by atoms with Crippen LogP contribution in [0.15, 0.2) is 11.6 Å². The Morgan fingerprint density at radius 1 is 1.33 bits per heavy atom. The van der Waals surface area contributed by atoms with E-state index in [1.165, 1.54) is 14.2 Å². The van der Waals surface area contributed by atoms with Gasteiger partial charge in [0.1, 0.15) is 6.04 Å². The first-order chi connectivity index (χ1) is 9.88.